The third kappa shape index (κ3) is 3.00. The molecule has 0 saturated heterocycles. The van der Waals surface area contributed by atoms with Crippen molar-refractivity contribution in [1.29, 1.82) is 0 Å². The number of aromatic nitrogens is 2. The summed E-state index contributed by atoms with van der Waals surface area (Å²) in [6.07, 6.45) is -1.69. The molecule has 0 saturated carbocycles. The Kier molecular flexibility index (Phi) is 3.44. The number of carbonyl (C=O) groups is 1. The molecule has 1 amide bonds. The number of benzene rings is 1. The van der Waals surface area contributed by atoms with E-state index in [1.807, 2.05) is 0 Å². The molecule has 3 rings (SSSR count). The van der Waals surface area contributed by atoms with Crippen molar-refractivity contribution in [3.8, 4) is 5.75 Å². The third-order valence-electron chi connectivity index (χ3n) is 3.21. The molecule has 2 heterocycles. The van der Waals surface area contributed by atoms with Gasteiger partial charge in [0.15, 0.2) is 0 Å². The summed E-state index contributed by atoms with van der Waals surface area (Å²) < 4.78 is 40.0. The van der Waals surface area contributed by atoms with Gasteiger partial charge >= 0.3 is 6.36 Å². The summed E-state index contributed by atoms with van der Waals surface area (Å²) in [6.45, 7) is 0.743. The van der Waals surface area contributed by atoms with Crippen LogP contribution in [-0.2, 0) is 13.1 Å². The van der Waals surface area contributed by atoms with Gasteiger partial charge < -0.3 is 9.64 Å². The fourth-order valence-electron chi connectivity index (χ4n) is 2.23. The molecule has 22 heavy (non-hydrogen) atoms. The van der Waals surface area contributed by atoms with Crippen LogP contribution in [0, 0.1) is 0 Å². The number of halogens is 3. The number of fused-ring (bicyclic) bond motifs is 1. The summed E-state index contributed by atoms with van der Waals surface area (Å²) in [6, 6.07) is 4.84. The number of ether oxygens (including phenoxy) is 1. The van der Waals surface area contributed by atoms with Crippen LogP contribution in [0.15, 0.2) is 36.8 Å². The third-order valence-corrected chi connectivity index (χ3v) is 3.21. The highest BCUT2D eigenvalue weighted by molar-refractivity contribution is 5.94. The van der Waals surface area contributed by atoms with Crippen molar-refractivity contribution in [2.45, 2.75) is 19.5 Å². The van der Waals surface area contributed by atoms with Gasteiger partial charge in [-0.25, -0.2) is 9.97 Å². The number of alkyl halides is 3. The first-order valence-corrected chi connectivity index (χ1v) is 6.35. The molecule has 0 unspecified atom stereocenters. The van der Waals surface area contributed by atoms with Crippen molar-refractivity contribution in [2.24, 2.45) is 0 Å². The van der Waals surface area contributed by atoms with Gasteiger partial charge in [0.2, 0.25) is 0 Å². The quantitative estimate of drug-likeness (QED) is 0.855. The van der Waals surface area contributed by atoms with Crippen molar-refractivity contribution in [2.75, 3.05) is 0 Å². The van der Waals surface area contributed by atoms with Crippen molar-refractivity contribution in [3.63, 3.8) is 0 Å². The maximum Gasteiger partial charge on any atom is 0.573 e. The van der Waals surface area contributed by atoms with Crippen LogP contribution in [0.5, 0.6) is 5.75 Å². The SMILES string of the molecule is O=C(c1ccc(OC(F)(F)F)cc1)N1Cc2cncnc2C1. The fraction of sp³-hybridized carbons (Fsp3) is 0.214. The van der Waals surface area contributed by atoms with E-state index in [2.05, 4.69) is 14.7 Å². The highest BCUT2D eigenvalue weighted by atomic mass is 19.4. The lowest BCUT2D eigenvalue weighted by molar-refractivity contribution is -0.274. The first-order valence-electron chi connectivity index (χ1n) is 6.35. The highest BCUT2D eigenvalue weighted by Crippen LogP contribution is 2.25. The van der Waals surface area contributed by atoms with Gasteiger partial charge in [0.05, 0.1) is 12.2 Å². The second-order valence-electron chi connectivity index (χ2n) is 4.73. The van der Waals surface area contributed by atoms with E-state index in [-0.39, 0.29) is 17.2 Å². The van der Waals surface area contributed by atoms with E-state index in [1.165, 1.54) is 18.5 Å². The molecule has 1 aromatic carbocycles. The minimum Gasteiger partial charge on any atom is -0.406 e. The van der Waals surface area contributed by atoms with E-state index in [4.69, 9.17) is 0 Å². The molecule has 0 fully saturated rings. The van der Waals surface area contributed by atoms with Crippen LogP contribution in [0.1, 0.15) is 21.6 Å². The Bertz CT molecular complexity index is 676. The lowest BCUT2D eigenvalue weighted by Crippen LogP contribution is -2.25. The predicted molar refractivity (Wildman–Crippen MR) is 68.7 cm³/mol. The first-order chi connectivity index (χ1) is 10.4. The van der Waals surface area contributed by atoms with E-state index in [9.17, 15) is 18.0 Å². The first kappa shape index (κ1) is 14.3. The molecule has 0 atom stereocenters. The molecular weight excluding hydrogens is 299 g/mol. The Morgan fingerprint density at radius 1 is 1.18 bits per heavy atom. The number of nitrogens with zero attached hydrogens (tertiary/aromatic N) is 3. The molecule has 5 nitrogen and oxygen atoms in total. The molecule has 8 heteroatoms. The zero-order chi connectivity index (χ0) is 15.7. The van der Waals surface area contributed by atoms with Gasteiger partial charge in [0.1, 0.15) is 12.1 Å². The Labute approximate surface area is 123 Å². The number of rotatable bonds is 2. The van der Waals surface area contributed by atoms with Crippen LogP contribution in [0.3, 0.4) is 0 Å². The Hall–Kier alpha value is -2.64. The summed E-state index contributed by atoms with van der Waals surface area (Å²) in [5.41, 5.74) is 1.93. The maximum absolute atomic E-state index is 12.3. The molecule has 1 aliphatic rings. The van der Waals surface area contributed by atoms with Crippen molar-refractivity contribution >= 4 is 5.91 Å². The van der Waals surface area contributed by atoms with Crippen LogP contribution in [0.25, 0.3) is 0 Å². The zero-order valence-corrected chi connectivity index (χ0v) is 11.2. The van der Waals surface area contributed by atoms with Gasteiger partial charge in [0, 0.05) is 23.9 Å². The van der Waals surface area contributed by atoms with Crippen molar-refractivity contribution in [3.05, 3.63) is 53.6 Å². The van der Waals surface area contributed by atoms with Gasteiger partial charge in [0.25, 0.3) is 5.91 Å². The molecule has 0 radical (unpaired) electrons. The van der Waals surface area contributed by atoms with Gasteiger partial charge in [-0.05, 0) is 24.3 Å². The summed E-state index contributed by atoms with van der Waals surface area (Å²) in [4.78, 5) is 21.9. The maximum atomic E-state index is 12.3. The van der Waals surface area contributed by atoms with Crippen LogP contribution < -0.4 is 4.74 Å². The average molecular weight is 309 g/mol. The molecule has 1 aliphatic heterocycles. The zero-order valence-electron chi connectivity index (χ0n) is 11.2. The summed E-state index contributed by atoms with van der Waals surface area (Å²) in [5.74, 6) is -0.642. The van der Waals surface area contributed by atoms with E-state index in [0.29, 0.717) is 13.1 Å². The average Bonchev–Trinajstić information content (AvgIpc) is 2.89. The summed E-state index contributed by atoms with van der Waals surface area (Å²) in [5, 5.41) is 0. The number of hydrogen-bond donors (Lipinski definition) is 0. The van der Waals surface area contributed by atoms with Gasteiger partial charge in [-0.15, -0.1) is 13.2 Å². The van der Waals surface area contributed by atoms with Gasteiger partial charge in [-0.2, -0.15) is 0 Å². The lowest BCUT2D eigenvalue weighted by atomic mass is 10.2. The topological polar surface area (TPSA) is 55.3 Å². The van der Waals surface area contributed by atoms with Gasteiger partial charge in [-0.3, -0.25) is 4.79 Å². The standard InChI is InChI=1S/C14H10F3N3O2/c15-14(16,17)22-11-3-1-9(2-4-11)13(21)20-6-10-5-18-8-19-12(10)7-20/h1-5,8H,6-7H2. The fourth-order valence-corrected chi connectivity index (χ4v) is 2.23. The van der Waals surface area contributed by atoms with Gasteiger partial charge in [-0.1, -0.05) is 0 Å². The summed E-state index contributed by atoms with van der Waals surface area (Å²) in [7, 11) is 0. The second-order valence-corrected chi connectivity index (χ2v) is 4.73. The highest BCUT2D eigenvalue weighted by Gasteiger charge is 2.31. The van der Waals surface area contributed by atoms with E-state index in [1.54, 1.807) is 11.1 Å². The smallest absolute Gasteiger partial charge is 0.406 e. The van der Waals surface area contributed by atoms with Crippen LogP contribution in [0.2, 0.25) is 0 Å². The Morgan fingerprint density at radius 3 is 2.55 bits per heavy atom. The normalized spacial score (nSPS) is 13.9. The number of carbonyl (C=O) groups excluding carboxylic acids is 1. The number of amides is 1. The molecule has 0 spiro atoms. The van der Waals surface area contributed by atoms with Crippen LogP contribution >= 0.6 is 0 Å². The van der Waals surface area contributed by atoms with E-state index >= 15 is 0 Å². The molecule has 0 bridgehead atoms. The van der Waals surface area contributed by atoms with Crippen molar-refractivity contribution in [1.82, 2.24) is 14.9 Å². The largest absolute Gasteiger partial charge is 0.573 e. The lowest BCUT2D eigenvalue weighted by Gasteiger charge is -2.15. The monoisotopic (exact) mass is 309 g/mol. The molecule has 114 valence electrons. The molecule has 0 aliphatic carbocycles. The van der Waals surface area contributed by atoms with Crippen LogP contribution in [-0.4, -0.2) is 27.1 Å². The minimum atomic E-state index is -4.75. The second kappa shape index (κ2) is 5.28. The number of hydrogen-bond acceptors (Lipinski definition) is 4. The predicted octanol–water partition coefficient (Wildman–Crippen LogP) is 2.53. The van der Waals surface area contributed by atoms with Crippen molar-refractivity contribution < 1.29 is 22.7 Å². The molecular formula is C14H10F3N3O2. The Balaban J connectivity index is 1.71. The van der Waals surface area contributed by atoms with E-state index in [0.717, 1.165) is 23.4 Å². The molecule has 0 N–H and O–H groups in total. The van der Waals surface area contributed by atoms with Crippen LogP contribution in [0.4, 0.5) is 13.2 Å². The minimum absolute atomic E-state index is 0.281. The molecule has 2 aromatic rings. The Morgan fingerprint density at radius 2 is 1.91 bits per heavy atom. The summed E-state index contributed by atoms with van der Waals surface area (Å²) >= 11 is 0. The van der Waals surface area contributed by atoms with E-state index < -0.39 is 6.36 Å². The molecule has 1 aromatic heterocycles.